The van der Waals surface area contributed by atoms with Gasteiger partial charge in [0.1, 0.15) is 0 Å². The number of hydrogen-bond donors (Lipinski definition) is 0. The Morgan fingerprint density at radius 3 is 0.600 bits per heavy atom. The van der Waals surface area contributed by atoms with Crippen LogP contribution in [0.2, 0.25) is 0 Å². The smallest absolute Gasteiger partial charge is 0.358 e. The van der Waals surface area contributed by atoms with E-state index in [4.69, 9.17) is 0 Å². The second-order valence-corrected chi connectivity index (χ2v) is 0. The van der Waals surface area contributed by atoms with Gasteiger partial charge in [0, 0.05) is 0 Å². The van der Waals surface area contributed by atoms with E-state index in [0.29, 0.717) is 0 Å². The van der Waals surface area contributed by atoms with Crippen LogP contribution in [0.4, 0.5) is 0 Å². The summed E-state index contributed by atoms with van der Waals surface area (Å²) in [5.41, 5.74) is 0. The van der Waals surface area contributed by atoms with Gasteiger partial charge in [-0.15, -0.1) is 0 Å². The molecule has 2 heteroatoms. The first-order chi connectivity index (χ1) is 1.00. The van der Waals surface area contributed by atoms with Crippen LogP contribution in [0.15, 0.2) is 0 Å². The summed E-state index contributed by atoms with van der Waals surface area (Å²) < 4.78 is 0. The van der Waals surface area contributed by atoms with Gasteiger partial charge >= 0.3 is 37.7 Å². The standard InChI is InChI=1S/C2H5.2CH4.4CH3.2Li/c1-2;;;;;;;;/h1H2,2H3;2*1H4;4*1H3;;/q-1;;;4*-1;2*+1. The quantitative estimate of drug-likeness (QED) is 0.264. The second kappa shape index (κ2) is 604. The van der Waals surface area contributed by atoms with E-state index in [1.165, 1.54) is 0 Å². The van der Waals surface area contributed by atoms with Crippen LogP contribution >= 0.6 is 0 Å². The van der Waals surface area contributed by atoms with Crippen molar-refractivity contribution < 1.29 is 37.7 Å². The molecule has 0 saturated carbocycles. The summed E-state index contributed by atoms with van der Waals surface area (Å²) >= 11 is 0. The molecule has 0 aliphatic heterocycles. The van der Waals surface area contributed by atoms with Gasteiger partial charge < -0.3 is 36.6 Å². The molecule has 0 aliphatic rings. The summed E-state index contributed by atoms with van der Waals surface area (Å²) in [6.45, 7) is 5.00. The Balaban J connectivity index is -0.000000000179. The van der Waals surface area contributed by atoms with Gasteiger partial charge in [-0.2, -0.15) is 6.92 Å². The van der Waals surface area contributed by atoms with Crippen molar-refractivity contribution in [2.24, 2.45) is 0 Å². The Labute approximate surface area is 95.9 Å². The third kappa shape index (κ3) is 433. The minimum Gasteiger partial charge on any atom is -0.358 e. The predicted octanol–water partition coefficient (Wildman–Crippen LogP) is -2.08. The van der Waals surface area contributed by atoms with E-state index in [1.54, 1.807) is 6.92 Å². The van der Waals surface area contributed by atoms with Gasteiger partial charge in [-0.25, -0.2) is 0 Å². The summed E-state index contributed by atoms with van der Waals surface area (Å²) in [6, 6.07) is 0. The van der Waals surface area contributed by atoms with Crippen LogP contribution in [0.3, 0.4) is 0 Å². The van der Waals surface area contributed by atoms with Gasteiger partial charge in [-0.1, -0.05) is 14.9 Å². The molecule has 0 rings (SSSR count). The molecule has 0 aromatic rings. The Hall–Kier alpha value is 1.19. The first-order valence-corrected chi connectivity index (χ1v) is 0.707. The van der Waals surface area contributed by atoms with Gasteiger partial charge in [-0.3, -0.25) is 0 Å². The average Bonchev–Trinajstić information content (AvgIpc) is 1.00. The summed E-state index contributed by atoms with van der Waals surface area (Å²) in [5.74, 6) is 0. The van der Waals surface area contributed by atoms with E-state index in [2.05, 4.69) is 6.92 Å². The largest absolute Gasteiger partial charge is 1.00 e. The first-order valence-electron chi connectivity index (χ1n) is 0.707. The molecule has 0 amide bonds. The van der Waals surface area contributed by atoms with Crippen molar-refractivity contribution in [1.82, 2.24) is 0 Å². The normalized spacial score (nSPS) is 0.600. The number of hydrogen-bond acceptors (Lipinski definition) is 0. The van der Waals surface area contributed by atoms with E-state index in [1.807, 2.05) is 0 Å². The molecule has 0 aromatic carbocycles. The van der Waals surface area contributed by atoms with Crippen molar-refractivity contribution in [2.45, 2.75) is 21.8 Å². The van der Waals surface area contributed by atoms with Gasteiger partial charge in [0.05, 0.1) is 0 Å². The zero-order chi connectivity index (χ0) is 2.00. The molecule has 0 spiro atoms. The molecule has 0 nitrogen and oxygen atoms in total. The second-order valence-electron chi connectivity index (χ2n) is 0. The summed E-state index contributed by atoms with van der Waals surface area (Å²) in [6.07, 6.45) is 0. The van der Waals surface area contributed by atoms with Crippen LogP contribution in [-0.2, 0) is 0 Å². The van der Waals surface area contributed by atoms with Crippen LogP contribution in [0.1, 0.15) is 21.8 Å². The summed E-state index contributed by atoms with van der Waals surface area (Å²) in [5, 5.41) is 0. The van der Waals surface area contributed by atoms with E-state index < -0.39 is 0 Å². The van der Waals surface area contributed by atoms with Crippen LogP contribution in [0.5, 0.6) is 0 Å². The fourth-order valence-corrected chi connectivity index (χ4v) is 0. The summed E-state index contributed by atoms with van der Waals surface area (Å²) in [4.78, 5) is 0. The van der Waals surface area contributed by atoms with E-state index in [9.17, 15) is 0 Å². The molecule has 0 unspecified atom stereocenters. The minimum absolute atomic E-state index is 0. The van der Waals surface area contributed by atoms with Gasteiger partial charge in [0.2, 0.25) is 0 Å². The van der Waals surface area contributed by atoms with Gasteiger partial charge in [0.25, 0.3) is 0 Å². The molecule has 0 heterocycles. The van der Waals surface area contributed by atoms with Gasteiger partial charge in [0.15, 0.2) is 0 Å². The molecule has 0 aromatic heterocycles. The van der Waals surface area contributed by atoms with Crippen molar-refractivity contribution in [2.75, 3.05) is 0 Å². The predicted molar refractivity (Wildman–Crippen MR) is 50.1 cm³/mol. The summed E-state index contributed by atoms with van der Waals surface area (Å²) in [7, 11) is 0. The minimum atomic E-state index is 0. The fourth-order valence-electron chi connectivity index (χ4n) is 0. The Morgan fingerprint density at radius 1 is 0.600 bits per heavy atom. The molecular formula is C8H25Li2-3. The molecular weight excluding hydrogens is 110 g/mol. The monoisotopic (exact) mass is 135 g/mol. The molecule has 0 saturated heterocycles. The molecule has 0 N–H and O–H groups in total. The average molecular weight is 135 g/mol. The van der Waals surface area contributed by atoms with Crippen LogP contribution in [-0.4, -0.2) is 0 Å². The van der Waals surface area contributed by atoms with Gasteiger partial charge in [-0.05, 0) is 0 Å². The molecule has 0 radical (unpaired) electrons. The fraction of sp³-hybridized carbons (Fsp3) is 0.375. The molecule has 0 fully saturated rings. The Kier molecular flexibility index (Phi) is 14600. The molecule has 0 atom stereocenters. The SMILES string of the molecule is C.C.[CH2-]C.[CH3-].[CH3-].[CH3-].[CH3-].[Li+].[Li+]. The number of rotatable bonds is 0. The molecule has 0 aliphatic carbocycles. The van der Waals surface area contributed by atoms with Crippen molar-refractivity contribution in [3.63, 3.8) is 0 Å². The van der Waals surface area contributed by atoms with E-state index >= 15 is 0 Å². The maximum absolute atomic E-state index is 3.25. The maximum Gasteiger partial charge on any atom is 1.00 e. The third-order valence-corrected chi connectivity index (χ3v) is 0. The maximum atomic E-state index is 3.25. The van der Waals surface area contributed by atoms with Crippen molar-refractivity contribution in [3.05, 3.63) is 36.6 Å². The van der Waals surface area contributed by atoms with Crippen molar-refractivity contribution >= 4 is 0 Å². The Bertz CT molecular complexity index is 7.22. The van der Waals surface area contributed by atoms with Crippen LogP contribution in [0, 0.1) is 36.6 Å². The van der Waals surface area contributed by atoms with E-state index in [-0.39, 0.29) is 82.3 Å². The zero-order valence-electron chi connectivity index (χ0n) is 7.71. The molecule has 62 valence electrons. The molecule has 0 bridgehead atoms. The van der Waals surface area contributed by atoms with Crippen molar-refractivity contribution in [1.29, 1.82) is 0 Å². The topological polar surface area (TPSA) is 0 Å². The third-order valence-electron chi connectivity index (χ3n) is 0. The van der Waals surface area contributed by atoms with E-state index in [0.717, 1.165) is 0 Å². The molecule has 10 heavy (non-hydrogen) atoms. The van der Waals surface area contributed by atoms with Crippen LogP contribution in [0.25, 0.3) is 0 Å². The van der Waals surface area contributed by atoms with Crippen molar-refractivity contribution in [3.8, 4) is 0 Å². The zero-order valence-corrected chi connectivity index (χ0v) is 7.71. The Morgan fingerprint density at radius 2 is 0.600 bits per heavy atom. The van der Waals surface area contributed by atoms with Crippen LogP contribution < -0.4 is 37.7 Å². The first kappa shape index (κ1) is 242.